The summed E-state index contributed by atoms with van der Waals surface area (Å²) in [6.07, 6.45) is -1.71. The number of aromatic nitrogens is 4. The number of halogens is 4. The maximum Gasteiger partial charge on any atom is 0.334 e. The predicted molar refractivity (Wildman–Crippen MR) is 140 cm³/mol. The second kappa shape index (κ2) is 10.4. The zero-order valence-electron chi connectivity index (χ0n) is 19.5. The Morgan fingerprint density at radius 3 is 2.29 bits per heavy atom. The molecule has 4 aromatic rings. The van der Waals surface area contributed by atoms with Crippen molar-refractivity contribution in [3.05, 3.63) is 79.5 Å². The number of carbonyl (C=O) groups is 1. The fourth-order valence-corrected chi connectivity index (χ4v) is 4.74. The van der Waals surface area contributed by atoms with E-state index in [4.69, 9.17) is 23.2 Å². The van der Waals surface area contributed by atoms with Crippen LogP contribution in [0, 0.1) is 0 Å². The minimum Gasteiger partial charge on any atom is -0.368 e. The molecule has 2 aromatic carbocycles. The van der Waals surface area contributed by atoms with E-state index < -0.39 is 23.6 Å². The number of nitrogens with one attached hydrogen (secondary N) is 2. The molecule has 5 rings (SSSR count). The number of nitrogens with zero attached hydrogens (tertiary/aromatic N) is 5. The van der Waals surface area contributed by atoms with Crippen molar-refractivity contribution in [3.8, 4) is 5.69 Å². The molecule has 14 heteroatoms. The standard InChI is InChI=1S/C24H19Cl2F2N7O3/c25-16-2-1-3-17(26)18(16)35-21(36)15-12-29-23(31-20(15)32-24(35)38)30-13-4-6-14(7-5-13)33-8-10-34(11-9-33)22(37)19(27)28/h1-7,12,19H,8-11H2,(H2,29,30,31,32,38). The van der Waals surface area contributed by atoms with Crippen LogP contribution < -0.4 is 21.5 Å². The van der Waals surface area contributed by atoms with Gasteiger partial charge in [0, 0.05) is 43.8 Å². The maximum atomic E-state index is 13.1. The number of aromatic amines is 1. The quantitative estimate of drug-likeness (QED) is 0.383. The Kier molecular flexibility index (Phi) is 7.00. The highest BCUT2D eigenvalue weighted by atomic mass is 35.5. The first kappa shape index (κ1) is 25.6. The predicted octanol–water partition coefficient (Wildman–Crippen LogP) is 3.43. The number of amides is 1. The van der Waals surface area contributed by atoms with Gasteiger partial charge in [-0.05, 0) is 36.4 Å². The fourth-order valence-electron chi connectivity index (χ4n) is 4.18. The maximum absolute atomic E-state index is 13.1. The van der Waals surface area contributed by atoms with E-state index in [-0.39, 0.29) is 45.8 Å². The Hall–Kier alpha value is -4.03. The van der Waals surface area contributed by atoms with E-state index in [9.17, 15) is 23.2 Å². The lowest BCUT2D eigenvalue weighted by atomic mass is 10.2. The normalized spacial score (nSPS) is 13.8. The van der Waals surface area contributed by atoms with Crippen LogP contribution in [0.15, 0.2) is 58.3 Å². The summed E-state index contributed by atoms with van der Waals surface area (Å²) in [5.41, 5.74) is 0.158. The number of H-pyrrole nitrogens is 1. The first-order valence-electron chi connectivity index (χ1n) is 11.4. The van der Waals surface area contributed by atoms with Crippen LogP contribution in [-0.4, -0.2) is 62.9 Å². The van der Waals surface area contributed by atoms with Crippen LogP contribution in [0.3, 0.4) is 0 Å². The minimum absolute atomic E-state index is 0.0322. The van der Waals surface area contributed by atoms with Crippen LogP contribution in [-0.2, 0) is 4.79 Å². The highest BCUT2D eigenvalue weighted by Crippen LogP contribution is 2.27. The van der Waals surface area contributed by atoms with Crippen molar-refractivity contribution in [3.63, 3.8) is 0 Å². The van der Waals surface area contributed by atoms with E-state index in [0.29, 0.717) is 18.8 Å². The summed E-state index contributed by atoms with van der Waals surface area (Å²) >= 11 is 12.4. The van der Waals surface area contributed by atoms with E-state index in [1.165, 1.54) is 18.3 Å². The first-order chi connectivity index (χ1) is 18.2. The Morgan fingerprint density at radius 2 is 1.66 bits per heavy atom. The van der Waals surface area contributed by atoms with Gasteiger partial charge in [-0.25, -0.2) is 14.3 Å². The molecule has 2 aromatic heterocycles. The Labute approximate surface area is 223 Å². The molecule has 0 spiro atoms. The molecule has 0 aliphatic carbocycles. The highest BCUT2D eigenvalue weighted by Gasteiger charge is 2.27. The van der Waals surface area contributed by atoms with Gasteiger partial charge < -0.3 is 15.1 Å². The van der Waals surface area contributed by atoms with Gasteiger partial charge in [0.05, 0.1) is 15.7 Å². The summed E-state index contributed by atoms with van der Waals surface area (Å²) in [6.45, 7) is 1.31. The number of carbonyl (C=O) groups excluding carboxylic acids is 1. The van der Waals surface area contributed by atoms with Crippen LogP contribution in [0.25, 0.3) is 16.7 Å². The van der Waals surface area contributed by atoms with Crippen LogP contribution in [0.5, 0.6) is 0 Å². The van der Waals surface area contributed by atoms with Crippen LogP contribution in [0.2, 0.25) is 10.0 Å². The van der Waals surface area contributed by atoms with Crippen LogP contribution >= 0.6 is 23.2 Å². The topological polar surface area (TPSA) is 116 Å². The van der Waals surface area contributed by atoms with Crippen LogP contribution in [0.1, 0.15) is 0 Å². The first-order valence-corrected chi connectivity index (χ1v) is 12.1. The monoisotopic (exact) mass is 561 g/mol. The average molecular weight is 562 g/mol. The molecule has 1 amide bonds. The Balaban J connectivity index is 1.33. The number of hydrogen-bond donors (Lipinski definition) is 2. The molecule has 0 atom stereocenters. The van der Waals surface area contributed by atoms with Crippen molar-refractivity contribution >= 4 is 57.5 Å². The van der Waals surface area contributed by atoms with Gasteiger partial charge in [0.25, 0.3) is 11.5 Å². The van der Waals surface area contributed by atoms with Gasteiger partial charge in [-0.3, -0.25) is 14.6 Å². The van der Waals surface area contributed by atoms with Crippen LogP contribution in [0.4, 0.5) is 26.1 Å². The summed E-state index contributed by atoms with van der Waals surface area (Å²) in [5, 5.41) is 3.34. The van der Waals surface area contributed by atoms with Gasteiger partial charge in [0.1, 0.15) is 5.39 Å². The summed E-state index contributed by atoms with van der Waals surface area (Å²) in [6, 6.07) is 11.9. The van der Waals surface area contributed by atoms with Gasteiger partial charge in [0.15, 0.2) is 5.65 Å². The van der Waals surface area contributed by atoms with Gasteiger partial charge in [-0.2, -0.15) is 13.8 Å². The lowest BCUT2D eigenvalue weighted by Crippen LogP contribution is -2.50. The molecule has 0 radical (unpaired) electrons. The number of rotatable bonds is 5. The number of fused-ring (bicyclic) bond motifs is 1. The molecule has 0 saturated carbocycles. The number of benzene rings is 2. The van der Waals surface area contributed by atoms with Crippen molar-refractivity contribution in [2.75, 3.05) is 36.4 Å². The number of para-hydroxylation sites is 1. The second-order valence-corrected chi connectivity index (χ2v) is 9.20. The van der Waals surface area contributed by atoms with Crippen molar-refractivity contribution < 1.29 is 13.6 Å². The second-order valence-electron chi connectivity index (χ2n) is 8.38. The third-order valence-electron chi connectivity index (χ3n) is 6.08. The fraction of sp³-hybridized carbons (Fsp3) is 0.208. The van der Waals surface area contributed by atoms with E-state index in [2.05, 4.69) is 20.3 Å². The molecule has 1 aliphatic rings. The SMILES string of the molecule is O=C(C(F)F)N1CCN(c2ccc(Nc3ncc4c(=O)n(-c5c(Cl)cccc5Cl)c(=O)[nH]c4n3)cc2)CC1. The van der Waals surface area contributed by atoms with Crippen molar-refractivity contribution in [1.29, 1.82) is 0 Å². The third-order valence-corrected chi connectivity index (χ3v) is 6.69. The summed E-state index contributed by atoms with van der Waals surface area (Å²) in [5.74, 6) is -1.000. The zero-order chi connectivity index (χ0) is 27.0. The van der Waals surface area contributed by atoms with Gasteiger partial charge in [-0.1, -0.05) is 29.3 Å². The molecular weight excluding hydrogens is 543 g/mol. The Bertz CT molecular complexity index is 1620. The largest absolute Gasteiger partial charge is 0.368 e. The zero-order valence-corrected chi connectivity index (χ0v) is 21.0. The molecule has 2 N–H and O–H groups in total. The van der Waals surface area contributed by atoms with Crippen molar-refractivity contribution in [1.82, 2.24) is 24.4 Å². The Morgan fingerprint density at radius 1 is 1.00 bits per heavy atom. The highest BCUT2D eigenvalue weighted by molar-refractivity contribution is 6.37. The van der Waals surface area contributed by atoms with E-state index in [1.54, 1.807) is 18.2 Å². The molecule has 1 aliphatic heterocycles. The lowest BCUT2D eigenvalue weighted by Gasteiger charge is -2.36. The molecule has 1 fully saturated rings. The summed E-state index contributed by atoms with van der Waals surface area (Å²) < 4.78 is 26.1. The van der Waals surface area contributed by atoms with Gasteiger partial charge in [0.2, 0.25) is 5.95 Å². The van der Waals surface area contributed by atoms with E-state index >= 15 is 0 Å². The van der Waals surface area contributed by atoms with E-state index in [0.717, 1.165) is 15.2 Å². The molecule has 0 unspecified atom stereocenters. The molecule has 0 bridgehead atoms. The number of piperazine rings is 1. The average Bonchev–Trinajstić information content (AvgIpc) is 2.90. The smallest absolute Gasteiger partial charge is 0.334 e. The third kappa shape index (κ3) is 4.92. The molecule has 3 heterocycles. The minimum atomic E-state index is -3.00. The van der Waals surface area contributed by atoms with Gasteiger partial charge in [-0.15, -0.1) is 0 Å². The molecule has 1 saturated heterocycles. The van der Waals surface area contributed by atoms with Gasteiger partial charge >= 0.3 is 12.1 Å². The summed E-state index contributed by atoms with van der Waals surface area (Å²) in [4.78, 5) is 51.5. The van der Waals surface area contributed by atoms with Crippen molar-refractivity contribution in [2.45, 2.75) is 6.43 Å². The molecular formula is C24H19Cl2F2N7O3. The molecule has 10 nitrogen and oxygen atoms in total. The number of hydrogen-bond acceptors (Lipinski definition) is 7. The molecule has 196 valence electrons. The van der Waals surface area contributed by atoms with E-state index in [1.807, 2.05) is 17.0 Å². The summed E-state index contributed by atoms with van der Waals surface area (Å²) in [7, 11) is 0. The lowest BCUT2D eigenvalue weighted by molar-refractivity contribution is -0.143. The molecule has 38 heavy (non-hydrogen) atoms. The number of alkyl halides is 2. The van der Waals surface area contributed by atoms with Crippen molar-refractivity contribution in [2.24, 2.45) is 0 Å². The number of anilines is 3.